The van der Waals surface area contributed by atoms with Crippen LogP contribution < -0.4 is 15.1 Å². The van der Waals surface area contributed by atoms with E-state index in [2.05, 4.69) is 5.32 Å². The van der Waals surface area contributed by atoms with Crippen molar-refractivity contribution < 1.29 is 37.2 Å². The van der Waals surface area contributed by atoms with Gasteiger partial charge in [-0.3, -0.25) is 19.3 Å². The highest BCUT2D eigenvalue weighted by atomic mass is 19.1. The fraction of sp³-hybridized carbons (Fsp3) is 0.409. The second kappa shape index (κ2) is 11.0. The first-order chi connectivity index (χ1) is 16.2. The topological polar surface area (TPSA) is 105 Å². The Morgan fingerprint density at radius 2 is 1.97 bits per heavy atom. The number of cyclic esters (lactones) is 1. The van der Waals surface area contributed by atoms with Gasteiger partial charge in [0, 0.05) is 32.1 Å². The van der Waals surface area contributed by atoms with Crippen molar-refractivity contribution in [1.82, 2.24) is 10.4 Å². The second-order valence-electron chi connectivity index (χ2n) is 7.46. The Bertz CT molecular complexity index is 1010. The number of rotatable bonds is 10. The SMILES string of the molecule is CCN(CCN(OC)C(=O)c1ccco1)c1c(F)cc(N2C[C@H](CNC(C)=O)OC2=O)cc1F. The first-order valence-electron chi connectivity index (χ1n) is 10.6. The number of amides is 3. The van der Waals surface area contributed by atoms with E-state index in [0.717, 1.165) is 22.1 Å². The van der Waals surface area contributed by atoms with Gasteiger partial charge in [0.1, 0.15) is 11.8 Å². The lowest BCUT2D eigenvalue weighted by atomic mass is 10.2. The third-order valence-corrected chi connectivity index (χ3v) is 5.22. The number of likely N-dealkylation sites (N-methyl/N-ethyl adjacent to an activating group) is 1. The fourth-order valence-corrected chi connectivity index (χ4v) is 3.54. The molecule has 0 bridgehead atoms. The molecular formula is C22H26F2N4O6. The number of nitrogens with one attached hydrogen (secondary N) is 1. The molecular weight excluding hydrogens is 454 g/mol. The molecule has 0 aliphatic carbocycles. The third kappa shape index (κ3) is 5.63. The Balaban J connectivity index is 1.72. The van der Waals surface area contributed by atoms with Gasteiger partial charge >= 0.3 is 12.0 Å². The molecule has 1 saturated heterocycles. The molecule has 1 atom stereocenters. The highest BCUT2D eigenvalue weighted by Gasteiger charge is 2.33. The molecule has 10 nitrogen and oxygen atoms in total. The summed E-state index contributed by atoms with van der Waals surface area (Å²) in [6.07, 6.45) is -0.0494. The summed E-state index contributed by atoms with van der Waals surface area (Å²) >= 11 is 0. The zero-order valence-electron chi connectivity index (χ0n) is 19.0. The Kier molecular flexibility index (Phi) is 8.05. The summed E-state index contributed by atoms with van der Waals surface area (Å²) in [5.41, 5.74) is -0.299. The maximum Gasteiger partial charge on any atom is 0.414 e. The highest BCUT2D eigenvalue weighted by molar-refractivity contribution is 5.91. The van der Waals surface area contributed by atoms with Crippen molar-refractivity contribution in [2.45, 2.75) is 20.0 Å². The summed E-state index contributed by atoms with van der Waals surface area (Å²) in [6.45, 7) is 3.48. The molecule has 12 heteroatoms. The van der Waals surface area contributed by atoms with Crippen molar-refractivity contribution in [2.75, 3.05) is 49.6 Å². The van der Waals surface area contributed by atoms with Gasteiger partial charge in [0.2, 0.25) is 5.91 Å². The molecule has 0 spiro atoms. The van der Waals surface area contributed by atoms with E-state index < -0.39 is 29.7 Å². The summed E-state index contributed by atoms with van der Waals surface area (Å²) in [5, 5.41) is 3.57. The number of anilines is 2. The van der Waals surface area contributed by atoms with Crippen molar-refractivity contribution in [3.63, 3.8) is 0 Å². The summed E-state index contributed by atoms with van der Waals surface area (Å²) in [6, 6.07) is 5.13. The zero-order valence-corrected chi connectivity index (χ0v) is 19.0. The van der Waals surface area contributed by atoms with E-state index in [9.17, 15) is 14.4 Å². The van der Waals surface area contributed by atoms with E-state index in [1.54, 1.807) is 13.0 Å². The van der Waals surface area contributed by atoms with Crippen molar-refractivity contribution in [3.8, 4) is 0 Å². The van der Waals surface area contributed by atoms with Gasteiger partial charge < -0.3 is 19.4 Å². The maximum absolute atomic E-state index is 15.0. The van der Waals surface area contributed by atoms with Crippen molar-refractivity contribution >= 4 is 29.3 Å². The lowest BCUT2D eigenvalue weighted by Crippen LogP contribution is -2.38. The summed E-state index contributed by atoms with van der Waals surface area (Å²) < 4.78 is 40.3. The molecule has 1 aliphatic heterocycles. The zero-order chi connectivity index (χ0) is 24.8. The Morgan fingerprint density at radius 3 is 2.53 bits per heavy atom. The van der Waals surface area contributed by atoms with E-state index in [4.69, 9.17) is 14.0 Å². The van der Waals surface area contributed by atoms with E-state index in [-0.39, 0.29) is 55.8 Å². The fourth-order valence-electron chi connectivity index (χ4n) is 3.54. The van der Waals surface area contributed by atoms with Crippen LogP contribution in [0, 0.1) is 11.6 Å². The predicted octanol–water partition coefficient (Wildman–Crippen LogP) is 2.55. The van der Waals surface area contributed by atoms with Gasteiger partial charge in [-0.1, -0.05) is 0 Å². The van der Waals surface area contributed by atoms with Crippen molar-refractivity contribution in [2.24, 2.45) is 0 Å². The molecule has 1 aliphatic rings. The smallest absolute Gasteiger partial charge is 0.414 e. The van der Waals surface area contributed by atoms with Crippen LogP contribution in [0.4, 0.5) is 25.0 Å². The minimum absolute atomic E-state index is 0.00311. The number of hydroxylamine groups is 2. The third-order valence-electron chi connectivity index (χ3n) is 5.22. The highest BCUT2D eigenvalue weighted by Crippen LogP contribution is 2.31. The maximum atomic E-state index is 15.0. The van der Waals surface area contributed by atoms with Crippen LogP contribution in [0.3, 0.4) is 0 Å². The number of hydrogen-bond donors (Lipinski definition) is 1. The molecule has 0 saturated carbocycles. The van der Waals surface area contributed by atoms with Gasteiger partial charge in [-0.25, -0.2) is 18.6 Å². The van der Waals surface area contributed by atoms with Crippen molar-refractivity contribution in [3.05, 3.63) is 47.9 Å². The molecule has 0 radical (unpaired) electrons. The number of furan rings is 1. The summed E-state index contributed by atoms with van der Waals surface area (Å²) in [4.78, 5) is 43.3. The average Bonchev–Trinajstić information content (AvgIpc) is 3.46. The first kappa shape index (κ1) is 25.0. The number of nitrogens with zero attached hydrogens (tertiary/aromatic N) is 3. The average molecular weight is 480 g/mol. The van der Waals surface area contributed by atoms with Crippen LogP contribution in [0.15, 0.2) is 34.9 Å². The number of carbonyl (C=O) groups is 3. The lowest BCUT2D eigenvalue weighted by molar-refractivity contribution is -0.119. The second-order valence-corrected chi connectivity index (χ2v) is 7.46. The van der Waals surface area contributed by atoms with Crippen LogP contribution in [0.25, 0.3) is 0 Å². The number of halogens is 2. The molecule has 184 valence electrons. The van der Waals surface area contributed by atoms with Gasteiger partial charge in [-0.05, 0) is 19.1 Å². The number of hydrogen-bond acceptors (Lipinski definition) is 7. The molecule has 0 unspecified atom stereocenters. The number of benzene rings is 1. The molecule has 34 heavy (non-hydrogen) atoms. The number of ether oxygens (including phenoxy) is 1. The Hall–Kier alpha value is -3.67. The molecule has 1 fully saturated rings. The quantitative estimate of drug-likeness (QED) is 0.521. The lowest BCUT2D eigenvalue weighted by Gasteiger charge is -2.28. The van der Waals surface area contributed by atoms with E-state index in [0.29, 0.717) is 0 Å². The van der Waals surface area contributed by atoms with E-state index >= 15 is 8.78 Å². The van der Waals surface area contributed by atoms with Gasteiger partial charge in [0.05, 0.1) is 38.7 Å². The van der Waals surface area contributed by atoms with Gasteiger partial charge in [-0.2, -0.15) is 0 Å². The molecule has 1 aromatic heterocycles. The normalized spacial score (nSPS) is 15.3. The summed E-state index contributed by atoms with van der Waals surface area (Å²) in [7, 11) is 1.31. The van der Waals surface area contributed by atoms with E-state index in [1.807, 2.05) is 0 Å². The summed E-state index contributed by atoms with van der Waals surface area (Å²) in [5.74, 6) is -2.50. The monoisotopic (exact) mass is 480 g/mol. The first-order valence-corrected chi connectivity index (χ1v) is 10.6. The molecule has 2 heterocycles. The minimum Gasteiger partial charge on any atom is -0.459 e. The molecule has 1 aromatic carbocycles. The van der Waals surface area contributed by atoms with Gasteiger partial charge in [0.25, 0.3) is 0 Å². The van der Waals surface area contributed by atoms with Crippen LogP contribution in [-0.4, -0.2) is 68.9 Å². The van der Waals surface area contributed by atoms with Crippen LogP contribution in [-0.2, 0) is 14.4 Å². The van der Waals surface area contributed by atoms with Gasteiger partial charge in [0.15, 0.2) is 17.4 Å². The molecule has 2 aromatic rings. The van der Waals surface area contributed by atoms with Crippen LogP contribution in [0.5, 0.6) is 0 Å². The largest absolute Gasteiger partial charge is 0.459 e. The molecule has 3 rings (SSSR count). The van der Waals surface area contributed by atoms with E-state index in [1.165, 1.54) is 31.3 Å². The minimum atomic E-state index is -0.878. The number of carbonyl (C=O) groups excluding carboxylic acids is 3. The Morgan fingerprint density at radius 1 is 1.26 bits per heavy atom. The molecule has 3 amide bonds. The predicted molar refractivity (Wildman–Crippen MR) is 117 cm³/mol. The molecule has 1 N–H and O–H groups in total. The standard InChI is InChI=1S/C22H26F2N4O6/c1-4-26(7-8-28(32-3)21(30)19-6-5-9-33-19)20-17(23)10-15(11-18(20)24)27-13-16(34-22(27)31)12-25-14(2)29/h5-6,9-11,16H,4,7-8,12-13H2,1-3H3,(H,25,29)/t16-/m0/s1. The van der Waals surface area contributed by atoms with Crippen LogP contribution in [0.2, 0.25) is 0 Å². The Labute approximate surface area is 194 Å². The van der Waals surface area contributed by atoms with Crippen LogP contribution in [0.1, 0.15) is 24.4 Å². The van der Waals surface area contributed by atoms with Crippen molar-refractivity contribution in [1.29, 1.82) is 0 Å². The van der Waals surface area contributed by atoms with Crippen LogP contribution >= 0.6 is 0 Å². The van der Waals surface area contributed by atoms with Gasteiger partial charge in [-0.15, -0.1) is 0 Å².